The predicted molar refractivity (Wildman–Crippen MR) is 68.0 cm³/mol. The maximum absolute atomic E-state index is 11.7. The van der Waals surface area contributed by atoms with Gasteiger partial charge in [0.25, 0.3) is 0 Å². The Bertz CT molecular complexity index is 347. The van der Waals surface area contributed by atoms with Crippen molar-refractivity contribution in [3.8, 4) is 0 Å². The SMILES string of the molecule is O=C(CNCC(O)c1ccsc1)N1CCCC1. The molecule has 1 saturated heterocycles. The molecular weight excluding hydrogens is 236 g/mol. The lowest BCUT2D eigenvalue weighted by Crippen LogP contribution is -2.37. The van der Waals surface area contributed by atoms with Gasteiger partial charge in [0.05, 0.1) is 12.6 Å². The maximum atomic E-state index is 11.7. The Hall–Kier alpha value is -0.910. The number of aliphatic hydroxyl groups is 1. The van der Waals surface area contributed by atoms with E-state index in [2.05, 4.69) is 5.32 Å². The van der Waals surface area contributed by atoms with Crippen LogP contribution in [0.5, 0.6) is 0 Å². The van der Waals surface area contributed by atoms with Gasteiger partial charge in [-0.2, -0.15) is 11.3 Å². The number of aliphatic hydroxyl groups excluding tert-OH is 1. The Morgan fingerprint density at radius 3 is 2.94 bits per heavy atom. The van der Waals surface area contributed by atoms with Gasteiger partial charge in [0.1, 0.15) is 0 Å². The number of nitrogens with one attached hydrogen (secondary N) is 1. The van der Waals surface area contributed by atoms with Gasteiger partial charge in [-0.15, -0.1) is 0 Å². The van der Waals surface area contributed by atoms with Gasteiger partial charge >= 0.3 is 0 Å². The number of carbonyl (C=O) groups excluding carboxylic acids is 1. The summed E-state index contributed by atoms with van der Waals surface area (Å²) in [6.45, 7) is 2.51. The zero-order valence-corrected chi connectivity index (χ0v) is 10.6. The number of likely N-dealkylation sites (tertiary alicyclic amines) is 1. The summed E-state index contributed by atoms with van der Waals surface area (Å²) in [6, 6.07) is 1.90. The Labute approximate surface area is 105 Å². The first kappa shape index (κ1) is 12.5. The van der Waals surface area contributed by atoms with E-state index in [9.17, 15) is 9.90 Å². The van der Waals surface area contributed by atoms with Crippen molar-refractivity contribution in [1.29, 1.82) is 0 Å². The average Bonchev–Trinajstić information content (AvgIpc) is 3.02. The normalized spacial score (nSPS) is 17.4. The summed E-state index contributed by atoms with van der Waals surface area (Å²) in [7, 11) is 0. The molecule has 94 valence electrons. The molecule has 4 nitrogen and oxygen atoms in total. The number of thiophene rings is 1. The molecule has 0 saturated carbocycles. The van der Waals surface area contributed by atoms with Gasteiger partial charge in [-0.25, -0.2) is 0 Å². The Morgan fingerprint density at radius 1 is 1.53 bits per heavy atom. The summed E-state index contributed by atoms with van der Waals surface area (Å²) in [4.78, 5) is 13.6. The summed E-state index contributed by atoms with van der Waals surface area (Å²) in [5.41, 5.74) is 0.913. The largest absolute Gasteiger partial charge is 0.387 e. The first-order valence-corrected chi connectivity index (χ1v) is 6.90. The van der Waals surface area contributed by atoms with Crippen LogP contribution in [0.1, 0.15) is 24.5 Å². The molecule has 1 unspecified atom stereocenters. The molecule has 0 bridgehead atoms. The lowest BCUT2D eigenvalue weighted by molar-refractivity contribution is -0.129. The quantitative estimate of drug-likeness (QED) is 0.824. The van der Waals surface area contributed by atoms with Crippen LogP contribution in [-0.4, -0.2) is 42.1 Å². The third-order valence-electron chi connectivity index (χ3n) is 3.00. The Balaban J connectivity index is 1.67. The highest BCUT2D eigenvalue weighted by atomic mass is 32.1. The first-order chi connectivity index (χ1) is 8.27. The van der Waals surface area contributed by atoms with Crippen LogP contribution in [0.25, 0.3) is 0 Å². The van der Waals surface area contributed by atoms with Gasteiger partial charge in [-0.05, 0) is 35.2 Å². The van der Waals surface area contributed by atoms with Crippen LogP contribution in [0.4, 0.5) is 0 Å². The molecule has 2 N–H and O–H groups in total. The van der Waals surface area contributed by atoms with E-state index >= 15 is 0 Å². The molecule has 0 spiro atoms. The van der Waals surface area contributed by atoms with Crippen LogP contribution in [0.2, 0.25) is 0 Å². The van der Waals surface area contributed by atoms with Crippen molar-refractivity contribution in [3.05, 3.63) is 22.4 Å². The molecule has 0 aliphatic carbocycles. The Morgan fingerprint density at radius 2 is 2.29 bits per heavy atom. The molecule has 1 atom stereocenters. The Kier molecular flexibility index (Phi) is 4.53. The molecule has 1 aliphatic heterocycles. The van der Waals surface area contributed by atoms with E-state index in [4.69, 9.17) is 0 Å². The molecule has 2 rings (SSSR count). The molecule has 1 aromatic rings. The first-order valence-electron chi connectivity index (χ1n) is 5.96. The number of carbonyl (C=O) groups is 1. The van der Waals surface area contributed by atoms with Crippen LogP contribution in [-0.2, 0) is 4.79 Å². The van der Waals surface area contributed by atoms with E-state index in [1.54, 1.807) is 11.3 Å². The summed E-state index contributed by atoms with van der Waals surface area (Å²) < 4.78 is 0. The zero-order chi connectivity index (χ0) is 12.1. The summed E-state index contributed by atoms with van der Waals surface area (Å²) in [5.74, 6) is 0.139. The highest BCUT2D eigenvalue weighted by Gasteiger charge is 2.17. The van der Waals surface area contributed by atoms with Crippen molar-refractivity contribution < 1.29 is 9.90 Å². The fraction of sp³-hybridized carbons (Fsp3) is 0.583. The second-order valence-electron chi connectivity index (χ2n) is 4.29. The molecule has 0 radical (unpaired) electrons. The van der Waals surface area contributed by atoms with E-state index in [0.29, 0.717) is 13.1 Å². The highest BCUT2D eigenvalue weighted by molar-refractivity contribution is 7.07. The monoisotopic (exact) mass is 254 g/mol. The van der Waals surface area contributed by atoms with E-state index in [-0.39, 0.29) is 5.91 Å². The van der Waals surface area contributed by atoms with E-state index in [1.807, 2.05) is 21.7 Å². The molecule has 1 fully saturated rings. The van der Waals surface area contributed by atoms with Crippen LogP contribution in [0, 0.1) is 0 Å². The molecule has 1 amide bonds. The maximum Gasteiger partial charge on any atom is 0.236 e. The highest BCUT2D eigenvalue weighted by Crippen LogP contribution is 2.15. The molecule has 17 heavy (non-hydrogen) atoms. The topological polar surface area (TPSA) is 52.6 Å². The van der Waals surface area contributed by atoms with Crippen molar-refractivity contribution in [2.24, 2.45) is 0 Å². The van der Waals surface area contributed by atoms with Crippen molar-refractivity contribution in [2.45, 2.75) is 18.9 Å². The molecular formula is C12H18N2O2S. The predicted octanol–water partition coefficient (Wildman–Crippen LogP) is 0.994. The fourth-order valence-electron chi connectivity index (χ4n) is 1.98. The summed E-state index contributed by atoms with van der Waals surface area (Å²) in [5, 5.41) is 16.7. The van der Waals surface area contributed by atoms with E-state index in [0.717, 1.165) is 31.5 Å². The van der Waals surface area contributed by atoms with Crippen molar-refractivity contribution in [1.82, 2.24) is 10.2 Å². The zero-order valence-electron chi connectivity index (χ0n) is 9.76. The molecule has 2 heterocycles. The average molecular weight is 254 g/mol. The van der Waals surface area contributed by atoms with Gasteiger partial charge in [0, 0.05) is 19.6 Å². The van der Waals surface area contributed by atoms with Gasteiger partial charge in [-0.3, -0.25) is 4.79 Å². The minimum absolute atomic E-state index is 0.139. The van der Waals surface area contributed by atoms with Crippen LogP contribution in [0.3, 0.4) is 0 Å². The van der Waals surface area contributed by atoms with Crippen molar-refractivity contribution >= 4 is 17.2 Å². The second kappa shape index (κ2) is 6.14. The fourth-order valence-corrected chi connectivity index (χ4v) is 2.68. The van der Waals surface area contributed by atoms with Gasteiger partial charge < -0.3 is 15.3 Å². The van der Waals surface area contributed by atoms with Crippen molar-refractivity contribution in [2.75, 3.05) is 26.2 Å². The third kappa shape index (κ3) is 3.52. The van der Waals surface area contributed by atoms with E-state index in [1.165, 1.54) is 0 Å². The number of rotatable bonds is 5. The lowest BCUT2D eigenvalue weighted by Gasteiger charge is -2.16. The smallest absolute Gasteiger partial charge is 0.236 e. The minimum Gasteiger partial charge on any atom is -0.387 e. The standard InChI is InChI=1S/C12H18N2O2S/c15-11(10-3-6-17-9-10)7-13-8-12(16)14-4-1-2-5-14/h3,6,9,11,13,15H,1-2,4-5,7-8H2. The van der Waals surface area contributed by atoms with Gasteiger partial charge in [-0.1, -0.05) is 0 Å². The second-order valence-corrected chi connectivity index (χ2v) is 5.07. The van der Waals surface area contributed by atoms with Crippen LogP contribution >= 0.6 is 11.3 Å². The molecule has 1 aromatic heterocycles. The van der Waals surface area contributed by atoms with Gasteiger partial charge in [0.2, 0.25) is 5.91 Å². The minimum atomic E-state index is -0.521. The summed E-state index contributed by atoms with van der Waals surface area (Å²) >= 11 is 1.57. The van der Waals surface area contributed by atoms with Gasteiger partial charge in [0.15, 0.2) is 0 Å². The lowest BCUT2D eigenvalue weighted by atomic mass is 10.2. The van der Waals surface area contributed by atoms with E-state index < -0.39 is 6.10 Å². The third-order valence-corrected chi connectivity index (χ3v) is 3.70. The van der Waals surface area contributed by atoms with Crippen LogP contribution in [0.15, 0.2) is 16.8 Å². The summed E-state index contributed by atoms with van der Waals surface area (Å²) in [6.07, 6.45) is 1.71. The van der Waals surface area contributed by atoms with Crippen LogP contribution < -0.4 is 5.32 Å². The molecule has 1 aliphatic rings. The number of nitrogens with zero attached hydrogens (tertiary/aromatic N) is 1. The molecule has 0 aromatic carbocycles. The van der Waals surface area contributed by atoms with Crippen molar-refractivity contribution in [3.63, 3.8) is 0 Å². The number of hydrogen-bond acceptors (Lipinski definition) is 4. The molecule has 5 heteroatoms. The number of hydrogen-bond donors (Lipinski definition) is 2. The number of amides is 1.